The molecule has 0 spiro atoms. The summed E-state index contributed by atoms with van der Waals surface area (Å²) in [5.41, 5.74) is 3.05. The van der Waals surface area contributed by atoms with E-state index in [4.69, 9.17) is 9.15 Å². The second kappa shape index (κ2) is 8.56. The fraction of sp³-hybridized carbons (Fsp3) is 0.400. The molecule has 1 amide bonds. The average molecular weight is 358 g/mol. The number of carbonyl (C=O) groups is 2. The molecule has 0 aliphatic carbocycles. The lowest BCUT2D eigenvalue weighted by Gasteiger charge is -2.20. The van der Waals surface area contributed by atoms with Gasteiger partial charge in [-0.2, -0.15) is 0 Å². The van der Waals surface area contributed by atoms with Crippen LogP contribution in [0.25, 0.3) is 0 Å². The smallest absolute Gasteiger partial charge is 0.340 e. The van der Waals surface area contributed by atoms with Crippen LogP contribution in [0.4, 0.5) is 0 Å². The molecular formula is C20H26N2O4. The van der Waals surface area contributed by atoms with E-state index in [0.29, 0.717) is 25.2 Å². The van der Waals surface area contributed by atoms with Gasteiger partial charge in [0.2, 0.25) is 0 Å². The van der Waals surface area contributed by atoms with Crippen LogP contribution in [0.3, 0.4) is 0 Å². The van der Waals surface area contributed by atoms with Crippen LogP contribution in [0, 0.1) is 13.8 Å². The van der Waals surface area contributed by atoms with E-state index in [0.717, 1.165) is 22.7 Å². The highest BCUT2D eigenvalue weighted by Gasteiger charge is 2.20. The summed E-state index contributed by atoms with van der Waals surface area (Å²) in [4.78, 5) is 26.2. The quantitative estimate of drug-likeness (QED) is 0.536. The lowest BCUT2D eigenvalue weighted by molar-refractivity contribution is -0.133. The third-order valence-corrected chi connectivity index (χ3v) is 4.21. The van der Waals surface area contributed by atoms with E-state index in [1.807, 2.05) is 44.4 Å². The summed E-state index contributed by atoms with van der Waals surface area (Å²) in [5.74, 6) is 0.0806. The summed E-state index contributed by atoms with van der Waals surface area (Å²) in [7, 11) is 0. The zero-order valence-electron chi connectivity index (χ0n) is 15.9. The molecule has 0 atom stereocenters. The van der Waals surface area contributed by atoms with E-state index in [9.17, 15) is 9.59 Å². The number of hydrogen-bond acceptors (Lipinski definition) is 4. The predicted molar refractivity (Wildman–Crippen MR) is 99.1 cm³/mol. The Labute approximate surface area is 154 Å². The van der Waals surface area contributed by atoms with Crippen LogP contribution in [0.5, 0.6) is 0 Å². The van der Waals surface area contributed by atoms with Crippen molar-refractivity contribution in [3.05, 3.63) is 59.3 Å². The Morgan fingerprint density at radius 3 is 2.65 bits per heavy atom. The maximum Gasteiger partial charge on any atom is 0.340 e. The van der Waals surface area contributed by atoms with Gasteiger partial charge in [-0.1, -0.05) is 12.2 Å². The summed E-state index contributed by atoms with van der Waals surface area (Å²) in [6.45, 7) is 12.6. The molecule has 26 heavy (non-hydrogen) atoms. The molecule has 0 unspecified atom stereocenters. The molecule has 2 rings (SSSR count). The van der Waals surface area contributed by atoms with Crippen molar-refractivity contribution in [1.82, 2.24) is 9.47 Å². The normalized spacial score (nSPS) is 10.6. The van der Waals surface area contributed by atoms with Crippen LogP contribution in [0.15, 0.2) is 41.0 Å². The maximum absolute atomic E-state index is 12.4. The molecule has 6 heteroatoms. The minimum absolute atomic E-state index is 0.228. The molecule has 0 bridgehead atoms. The molecule has 0 N–H and O–H groups in total. The van der Waals surface area contributed by atoms with Gasteiger partial charge in [0.25, 0.3) is 5.91 Å². The topological polar surface area (TPSA) is 64.7 Å². The van der Waals surface area contributed by atoms with Gasteiger partial charge in [0.15, 0.2) is 6.61 Å². The van der Waals surface area contributed by atoms with Crippen molar-refractivity contribution < 1.29 is 18.7 Å². The van der Waals surface area contributed by atoms with Crippen LogP contribution in [0.2, 0.25) is 0 Å². The van der Waals surface area contributed by atoms with Crippen LogP contribution >= 0.6 is 0 Å². The summed E-state index contributed by atoms with van der Waals surface area (Å²) >= 11 is 0. The van der Waals surface area contributed by atoms with E-state index in [-0.39, 0.29) is 12.5 Å². The van der Waals surface area contributed by atoms with Crippen molar-refractivity contribution in [2.24, 2.45) is 0 Å². The second-order valence-corrected chi connectivity index (χ2v) is 6.39. The highest BCUT2D eigenvalue weighted by Crippen LogP contribution is 2.18. The summed E-state index contributed by atoms with van der Waals surface area (Å²) in [6, 6.07) is 5.49. The molecule has 0 saturated heterocycles. The number of furan rings is 1. The van der Waals surface area contributed by atoms with Gasteiger partial charge in [0.05, 0.1) is 18.4 Å². The number of aryl methyl sites for hydroxylation is 1. The fourth-order valence-electron chi connectivity index (χ4n) is 2.81. The molecular weight excluding hydrogens is 332 g/mol. The third-order valence-electron chi connectivity index (χ3n) is 4.21. The van der Waals surface area contributed by atoms with Crippen molar-refractivity contribution in [2.45, 2.75) is 34.2 Å². The molecule has 0 saturated carbocycles. The first kappa shape index (κ1) is 19.6. The number of ether oxygens (including phenoxy) is 1. The lowest BCUT2D eigenvalue weighted by Crippen LogP contribution is -2.35. The number of amides is 1. The van der Waals surface area contributed by atoms with E-state index >= 15 is 0 Å². The first-order chi connectivity index (χ1) is 12.3. The third kappa shape index (κ3) is 4.65. The average Bonchev–Trinajstić information content (AvgIpc) is 3.20. The van der Waals surface area contributed by atoms with E-state index in [1.54, 1.807) is 17.2 Å². The Morgan fingerprint density at radius 1 is 1.35 bits per heavy atom. The first-order valence-electron chi connectivity index (χ1n) is 8.61. The Bertz CT molecular complexity index is 787. The number of aromatic nitrogens is 1. The molecule has 0 fully saturated rings. The fourth-order valence-corrected chi connectivity index (χ4v) is 2.81. The van der Waals surface area contributed by atoms with Crippen molar-refractivity contribution >= 4 is 11.9 Å². The summed E-state index contributed by atoms with van der Waals surface area (Å²) < 4.78 is 12.6. The van der Waals surface area contributed by atoms with Gasteiger partial charge in [-0.3, -0.25) is 4.79 Å². The van der Waals surface area contributed by atoms with Crippen molar-refractivity contribution in [1.29, 1.82) is 0 Å². The first-order valence-corrected chi connectivity index (χ1v) is 8.61. The van der Waals surface area contributed by atoms with Gasteiger partial charge >= 0.3 is 5.97 Å². The molecule has 2 heterocycles. The molecule has 6 nitrogen and oxygen atoms in total. The monoisotopic (exact) mass is 358 g/mol. The van der Waals surface area contributed by atoms with Crippen molar-refractivity contribution in [3.63, 3.8) is 0 Å². The number of esters is 1. The zero-order valence-corrected chi connectivity index (χ0v) is 15.9. The molecule has 0 aromatic carbocycles. The van der Waals surface area contributed by atoms with Crippen LogP contribution in [0.1, 0.15) is 41.4 Å². The van der Waals surface area contributed by atoms with Crippen LogP contribution < -0.4 is 0 Å². The van der Waals surface area contributed by atoms with Gasteiger partial charge in [-0.15, -0.1) is 0 Å². The number of likely N-dealkylation sites (N-methyl/N-ethyl adjacent to an activating group) is 1. The second-order valence-electron chi connectivity index (χ2n) is 6.39. The number of carbonyl (C=O) groups excluding carboxylic acids is 2. The standard InChI is InChI=1S/C20H26N2O4/c1-6-21(11-14(2)3)19(23)13-26-20(24)18-10-15(4)22(16(18)5)12-17-8-7-9-25-17/h7-10H,2,6,11-13H2,1,3-5H3. The zero-order chi connectivity index (χ0) is 19.3. The van der Waals surface area contributed by atoms with Crippen LogP contribution in [-0.4, -0.2) is 41.0 Å². The van der Waals surface area contributed by atoms with Gasteiger partial charge in [0.1, 0.15) is 5.76 Å². The summed E-state index contributed by atoms with van der Waals surface area (Å²) in [5, 5.41) is 0. The van der Waals surface area contributed by atoms with Crippen molar-refractivity contribution in [3.8, 4) is 0 Å². The lowest BCUT2D eigenvalue weighted by atomic mass is 10.2. The van der Waals surface area contributed by atoms with E-state index in [2.05, 4.69) is 6.58 Å². The largest absolute Gasteiger partial charge is 0.467 e. The minimum Gasteiger partial charge on any atom is -0.467 e. The van der Waals surface area contributed by atoms with Gasteiger partial charge in [0, 0.05) is 24.5 Å². The van der Waals surface area contributed by atoms with E-state index in [1.165, 1.54) is 0 Å². The number of rotatable bonds is 8. The number of nitrogens with zero attached hydrogens (tertiary/aromatic N) is 2. The SMILES string of the molecule is C=C(C)CN(CC)C(=O)COC(=O)c1cc(C)n(Cc2ccco2)c1C. The van der Waals surface area contributed by atoms with Gasteiger partial charge < -0.3 is 18.6 Å². The Balaban J connectivity index is 2.03. The predicted octanol–water partition coefficient (Wildman–Crippen LogP) is 3.33. The Kier molecular flexibility index (Phi) is 6.44. The van der Waals surface area contributed by atoms with E-state index < -0.39 is 5.97 Å². The maximum atomic E-state index is 12.4. The minimum atomic E-state index is -0.497. The molecule has 0 radical (unpaired) electrons. The Morgan fingerprint density at radius 2 is 2.08 bits per heavy atom. The number of hydrogen-bond donors (Lipinski definition) is 0. The molecule has 140 valence electrons. The molecule has 0 aliphatic heterocycles. The van der Waals surface area contributed by atoms with Crippen molar-refractivity contribution in [2.75, 3.05) is 19.7 Å². The summed E-state index contributed by atoms with van der Waals surface area (Å²) in [6.07, 6.45) is 1.62. The van der Waals surface area contributed by atoms with Gasteiger partial charge in [-0.05, 0) is 45.9 Å². The highest BCUT2D eigenvalue weighted by atomic mass is 16.5. The molecule has 2 aromatic heterocycles. The molecule has 2 aromatic rings. The van der Waals surface area contributed by atoms with Crippen LogP contribution in [-0.2, 0) is 16.1 Å². The highest BCUT2D eigenvalue weighted by molar-refractivity contribution is 5.92. The molecule has 0 aliphatic rings. The van der Waals surface area contributed by atoms with Gasteiger partial charge in [-0.25, -0.2) is 4.79 Å². The Hall–Kier alpha value is -2.76.